The fourth-order valence-electron chi connectivity index (χ4n) is 3.85. The number of nitrogens with two attached hydrogens (primary N) is 1. The molecule has 2 fully saturated rings. The van der Waals surface area contributed by atoms with Gasteiger partial charge in [0.05, 0.1) is 35.2 Å². The third-order valence-corrected chi connectivity index (χ3v) is 8.02. The van der Waals surface area contributed by atoms with Crippen LogP contribution in [0.25, 0.3) is 5.65 Å². The van der Waals surface area contributed by atoms with Crippen LogP contribution in [0.3, 0.4) is 0 Å². The Hall–Kier alpha value is -3.32. The van der Waals surface area contributed by atoms with E-state index in [1.54, 1.807) is 16.6 Å². The zero-order valence-corrected chi connectivity index (χ0v) is 17.8. The number of anilines is 3. The summed E-state index contributed by atoms with van der Waals surface area (Å²) in [7, 11) is -3.21. The minimum absolute atomic E-state index is 0.0279. The van der Waals surface area contributed by atoms with Crippen molar-refractivity contribution in [3.63, 3.8) is 0 Å². The summed E-state index contributed by atoms with van der Waals surface area (Å²) in [4.78, 5) is 23.0. The zero-order chi connectivity index (χ0) is 22.5. The number of pyridine rings is 1. The van der Waals surface area contributed by atoms with Crippen LogP contribution in [0.5, 0.6) is 0 Å². The minimum Gasteiger partial charge on any atom is -0.381 e. The quantitative estimate of drug-likeness (QED) is 0.568. The Morgan fingerprint density at radius 3 is 2.66 bits per heavy atom. The second-order valence-electron chi connectivity index (χ2n) is 7.78. The number of halogens is 1. The zero-order valence-electron chi connectivity index (χ0n) is 17.0. The molecule has 1 aliphatic heterocycles. The highest BCUT2D eigenvalue weighted by Crippen LogP contribution is 2.33. The molecule has 1 aliphatic carbocycles. The first kappa shape index (κ1) is 20.6. The standard InChI is InChI=1S/C19H21FN8O3S/c20-12-9-23-18-16(17(21)25-28(18)11-12)19(29)24-14-10-22-4-3-15(14)26-5-7-27(8-6-26)32(30,31)13-1-2-13/h3-4,9-11,13H,1-2,5-8H2,(H2,21,25)(H,24,29). The van der Waals surface area contributed by atoms with Crippen LogP contribution >= 0.6 is 0 Å². The van der Waals surface area contributed by atoms with Crippen LogP contribution in [-0.2, 0) is 10.0 Å². The van der Waals surface area contributed by atoms with Gasteiger partial charge in [0.1, 0.15) is 5.56 Å². The van der Waals surface area contributed by atoms with Crippen LogP contribution in [0, 0.1) is 5.82 Å². The van der Waals surface area contributed by atoms with Crippen molar-refractivity contribution in [3.05, 3.63) is 42.2 Å². The number of nitrogens with zero attached hydrogens (tertiary/aromatic N) is 6. The largest absolute Gasteiger partial charge is 0.381 e. The molecule has 0 spiro atoms. The molecule has 32 heavy (non-hydrogen) atoms. The van der Waals surface area contributed by atoms with Crippen LogP contribution in [0.2, 0.25) is 0 Å². The molecule has 1 saturated carbocycles. The van der Waals surface area contributed by atoms with E-state index in [2.05, 4.69) is 20.4 Å². The van der Waals surface area contributed by atoms with Crippen molar-refractivity contribution in [1.29, 1.82) is 0 Å². The van der Waals surface area contributed by atoms with E-state index < -0.39 is 21.7 Å². The lowest BCUT2D eigenvalue weighted by Crippen LogP contribution is -2.49. The van der Waals surface area contributed by atoms with Crippen LogP contribution < -0.4 is 16.0 Å². The summed E-state index contributed by atoms with van der Waals surface area (Å²) in [5.74, 6) is -1.24. The summed E-state index contributed by atoms with van der Waals surface area (Å²) in [5.41, 5.74) is 7.19. The molecule has 1 saturated heterocycles. The molecular formula is C19H21FN8O3S. The van der Waals surface area contributed by atoms with Crippen molar-refractivity contribution in [2.45, 2.75) is 18.1 Å². The number of carbonyl (C=O) groups is 1. The maximum Gasteiger partial charge on any atom is 0.263 e. The first-order valence-electron chi connectivity index (χ1n) is 10.1. The van der Waals surface area contributed by atoms with Gasteiger partial charge in [-0.1, -0.05) is 0 Å². The number of hydrogen-bond acceptors (Lipinski definition) is 8. The van der Waals surface area contributed by atoms with Gasteiger partial charge in [-0.05, 0) is 18.9 Å². The normalized spacial score (nSPS) is 17.6. The fourth-order valence-corrected chi connectivity index (χ4v) is 5.68. The topological polar surface area (TPSA) is 139 Å². The van der Waals surface area contributed by atoms with Gasteiger partial charge in [-0.3, -0.25) is 9.78 Å². The van der Waals surface area contributed by atoms with E-state index in [-0.39, 0.29) is 22.3 Å². The molecule has 0 bridgehead atoms. The SMILES string of the molecule is Nc1nn2cc(F)cnc2c1C(=O)Nc1cnccc1N1CCN(S(=O)(=O)C2CC2)CC1. The summed E-state index contributed by atoms with van der Waals surface area (Å²) in [6, 6.07) is 1.76. The van der Waals surface area contributed by atoms with E-state index in [0.717, 1.165) is 29.8 Å². The number of amides is 1. The van der Waals surface area contributed by atoms with Crippen LogP contribution in [-0.4, -0.2) is 69.6 Å². The number of piperazine rings is 1. The molecule has 11 nitrogen and oxygen atoms in total. The Bertz CT molecular complexity index is 1300. The smallest absolute Gasteiger partial charge is 0.263 e. The average molecular weight is 460 g/mol. The number of rotatable bonds is 5. The van der Waals surface area contributed by atoms with Gasteiger partial charge in [0, 0.05) is 32.4 Å². The lowest BCUT2D eigenvalue weighted by atomic mass is 10.2. The van der Waals surface area contributed by atoms with E-state index >= 15 is 0 Å². The number of sulfonamides is 1. The number of carbonyl (C=O) groups excluding carboxylic acids is 1. The first-order chi connectivity index (χ1) is 15.3. The Kier molecular flexibility index (Phi) is 4.93. The van der Waals surface area contributed by atoms with Crippen molar-refractivity contribution in [2.75, 3.05) is 42.1 Å². The average Bonchev–Trinajstić information content (AvgIpc) is 3.58. The maximum atomic E-state index is 13.4. The lowest BCUT2D eigenvalue weighted by molar-refractivity contribution is 0.102. The Morgan fingerprint density at radius 2 is 1.94 bits per heavy atom. The van der Waals surface area contributed by atoms with Crippen LogP contribution in [0.1, 0.15) is 23.2 Å². The predicted octanol–water partition coefficient (Wildman–Crippen LogP) is 0.712. The minimum atomic E-state index is -3.21. The summed E-state index contributed by atoms with van der Waals surface area (Å²) in [5, 5.41) is 6.49. The number of nitrogens with one attached hydrogen (secondary N) is 1. The highest BCUT2D eigenvalue weighted by molar-refractivity contribution is 7.90. The molecule has 1 amide bonds. The van der Waals surface area contributed by atoms with Crippen molar-refractivity contribution in [2.24, 2.45) is 0 Å². The van der Waals surface area contributed by atoms with E-state index in [9.17, 15) is 17.6 Å². The monoisotopic (exact) mass is 460 g/mol. The van der Waals surface area contributed by atoms with Gasteiger partial charge in [-0.15, -0.1) is 5.10 Å². The third kappa shape index (κ3) is 3.62. The maximum absolute atomic E-state index is 13.4. The van der Waals surface area contributed by atoms with Gasteiger partial charge in [0.25, 0.3) is 5.91 Å². The van der Waals surface area contributed by atoms with Crippen molar-refractivity contribution in [3.8, 4) is 0 Å². The highest BCUT2D eigenvalue weighted by atomic mass is 32.2. The van der Waals surface area contributed by atoms with Crippen LogP contribution in [0.15, 0.2) is 30.9 Å². The summed E-state index contributed by atoms with van der Waals surface area (Å²) < 4.78 is 41.0. The summed E-state index contributed by atoms with van der Waals surface area (Å²) >= 11 is 0. The lowest BCUT2D eigenvalue weighted by Gasteiger charge is -2.36. The van der Waals surface area contributed by atoms with E-state index in [1.807, 2.05) is 4.90 Å². The van der Waals surface area contributed by atoms with Crippen molar-refractivity contribution >= 4 is 38.8 Å². The first-order valence-corrected chi connectivity index (χ1v) is 11.6. The summed E-state index contributed by atoms with van der Waals surface area (Å²) in [6.45, 7) is 1.73. The molecule has 13 heteroatoms. The van der Waals surface area contributed by atoms with Gasteiger partial charge in [0.2, 0.25) is 10.0 Å². The van der Waals surface area contributed by atoms with Gasteiger partial charge in [-0.25, -0.2) is 22.3 Å². The third-order valence-electron chi connectivity index (χ3n) is 5.63. The number of nitrogen functional groups attached to an aromatic ring is 1. The van der Waals surface area contributed by atoms with Gasteiger partial charge in [-0.2, -0.15) is 4.31 Å². The molecule has 5 rings (SSSR count). The molecule has 3 aromatic rings. The molecule has 168 valence electrons. The Balaban J connectivity index is 1.36. The second kappa shape index (κ2) is 7.67. The van der Waals surface area contributed by atoms with Crippen LogP contribution in [0.4, 0.5) is 21.6 Å². The Morgan fingerprint density at radius 1 is 1.19 bits per heavy atom. The molecule has 2 aliphatic rings. The Labute approximate surface area is 183 Å². The van der Waals surface area contributed by atoms with Gasteiger partial charge >= 0.3 is 0 Å². The van der Waals surface area contributed by atoms with Crippen molar-refractivity contribution < 1.29 is 17.6 Å². The van der Waals surface area contributed by atoms with Gasteiger partial charge in [0.15, 0.2) is 17.3 Å². The van der Waals surface area contributed by atoms with E-state index in [0.29, 0.717) is 37.6 Å². The second-order valence-corrected chi connectivity index (χ2v) is 9.99. The molecule has 0 atom stereocenters. The predicted molar refractivity (Wildman–Crippen MR) is 115 cm³/mol. The summed E-state index contributed by atoms with van der Waals surface area (Å²) in [6.07, 6.45) is 6.65. The van der Waals surface area contributed by atoms with E-state index in [1.165, 1.54) is 6.20 Å². The molecule has 4 heterocycles. The highest BCUT2D eigenvalue weighted by Gasteiger charge is 2.41. The van der Waals surface area contributed by atoms with Gasteiger partial charge < -0.3 is 16.0 Å². The molecule has 0 aromatic carbocycles. The van der Waals surface area contributed by atoms with E-state index in [4.69, 9.17) is 5.73 Å². The molecule has 0 radical (unpaired) electrons. The number of fused-ring (bicyclic) bond motifs is 1. The molecule has 3 aromatic heterocycles. The molecular weight excluding hydrogens is 439 g/mol. The number of hydrogen-bond donors (Lipinski definition) is 2. The fraction of sp³-hybridized carbons (Fsp3) is 0.368. The van der Waals surface area contributed by atoms with Crippen molar-refractivity contribution in [1.82, 2.24) is 23.9 Å². The number of aromatic nitrogens is 4. The molecule has 0 unspecified atom stereocenters. The molecule has 3 N–H and O–H groups in total.